The number of morpholine rings is 1. The van der Waals surface area contributed by atoms with Crippen LogP contribution in [0.3, 0.4) is 0 Å². The highest BCUT2D eigenvalue weighted by molar-refractivity contribution is 7.10. The first-order valence-corrected chi connectivity index (χ1v) is 7.76. The molecular weight excluding hydrogens is 270 g/mol. The maximum absolute atomic E-state index is 6.53. The van der Waals surface area contributed by atoms with Gasteiger partial charge in [0.25, 0.3) is 0 Å². The molecule has 2 atom stereocenters. The van der Waals surface area contributed by atoms with Crippen molar-refractivity contribution in [2.75, 3.05) is 26.3 Å². The summed E-state index contributed by atoms with van der Waals surface area (Å²) < 4.78 is 5.46. The molecular formula is C15H19N3OS. The lowest BCUT2D eigenvalue weighted by atomic mass is 10.0. The molecule has 106 valence electrons. The topological polar surface area (TPSA) is 51.4 Å². The van der Waals surface area contributed by atoms with Gasteiger partial charge in [0.2, 0.25) is 0 Å². The quantitative estimate of drug-likeness (QED) is 0.937. The van der Waals surface area contributed by atoms with Crippen LogP contribution in [0.25, 0.3) is 0 Å². The van der Waals surface area contributed by atoms with Gasteiger partial charge in [0.1, 0.15) is 0 Å². The Morgan fingerprint density at radius 2 is 2.05 bits per heavy atom. The summed E-state index contributed by atoms with van der Waals surface area (Å²) >= 11 is 1.71. The van der Waals surface area contributed by atoms with Gasteiger partial charge in [-0.3, -0.25) is 9.88 Å². The average molecular weight is 289 g/mol. The fraction of sp³-hybridized carbons (Fsp3) is 0.400. The second-order valence-corrected chi connectivity index (χ2v) is 5.87. The van der Waals surface area contributed by atoms with E-state index in [2.05, 4.69) is 33.5 Å². The van der Waals surface area contributed by atoms with Gasteiger partial charge in [0.15, 0.2) is 0 Å². The summed E-state index contributed by atoms with van der Waals surface area (Å²) in [5, 5.41) is 2.07. The van der Waals surface area contributed by atoms with Gasteiger partial charge in [0, 0.05) is 24.2 Å². The Kier molecular flexibility index (Phi) is 4.42. The summed E-state index contributed by atoms with van der Waals surface area (Å²) in [7, 11) is 0. The highest BCUT2D eigenvalue weighted by Crippen LogP contribution is 2.33. The van der Waals surface area contributed by atoms with E-state index in [-0.39, 0.29) is 12.1 Å². The van der Waals surface area contributed by atoms with Gasteiger partial charge in [-0.15, -0.1) is 11.3 Å². The Morgan fingerprint density at radius 3 is 2.70 bits per heavy atom. The normalized spacial score (nSPS) is 19.6. The fourth-order valence-corrected chi connectivity index (χ4v) is 3.40. The van der Waals surface area contributed by atoms with Crippen molar-refractivity contribution < 1.29 is 4.74 Å². The van der Waals surface area contributed by atoms with Crippen molar-refractivity contribution in [1.29, 1.82) is 0 Å². The SMILES string of the molecule is NC(c1cccs1)C(c1ccccn1)N1CCOCC1. The summed E-state index contributed by atoms with van der Waals surface area (Å²) in [6.07, 6.45) is 1.84. The molecule has 1 aliphatic rings. The Labute approximate surface area is 123 Å². The van der Waals surface area contributed by atoms with Crippen LogP contribution in [0.15, 0.2) is 41.9 Å². The fourth-order valence-electron chi connectivity index (χ4n) is 2.64. The monoisotopic (exact) mass is 289 g/mol. The van der Waals surface area contributed by atoms with Crippen LogP contribution in [0.4, 0.5) is 0 Å². The standard InChI is InChI=1S/C15H19N3OS/c16-14(13-5-3-11-20-13)15(12-4-1-2-6-17-12)18-7-9-19-10-8-18/h1-6,11,14-15H,7-10,16H2. The van der Waals surface area contributed by atoms with Gasteiger partial charge in [-0.2, -0.15) is 0 Å². The van der Waals surface area contributed by atoms with Gasteiger partial charge >= 0.3 is 0 Å². The maximum Gasteiger partial charge on any atom is 0.0725 e. The molecule has 3 heterocycles. The molecule has 0 spiro atoms. The molecule has 4 nitrogen and oxygen atoms in total. The molecule has 0 radical (unpaired) electrons. The minimum Gasteiger partial charge on any atom is -0.379 e. The second-order valence-electron chi connectivity index (χ2n) is 4.89. The van der Waals surface area contributed by atoms with Crippen molar-refractivity contribution in [2.24, 2.45) is 5.73 Å². The largest absolute Gasteiger partial charge is 0.379 e. The first-order chi connectivity index (χ1) is 9.86. The van der Waals surface area contributed by atoms with E-state index in [4.69, 9.17) is 10.5 Å². The lowest BCUT2D eigenvalue weighted by Gasteiger charge is -2.37. The van der Waals surface area contributed by atoms with Gasteiger partial charge in [-0.05, 0) is 23.6 Å². The van der Waals surface area contributed by atoms with Crippen LogP contribution in [-0.2, 0) is 4.74 Å². The predicted molar refractivity (Wildman–Crippen MR) is 80.6 cm³/mol. The van der Waals surface area contributed by atoms with Crippen molar-refractivity contribution in [3.05, 3.63) is 52.5 Å². The molecule has 0 amide bonds. The molecule has 0 bridgehead atoms. The van der Waals surface area contributed by atoms with Crippen LogP contribution in [0.5, 0.6) is 0 Å². The molecule has 3 rings (SSSR count). The molecule has 1 fully saturated rings. The third kappa shape index (κ3) is 2.91. The minimum absolute atomic E-state index is 0.0528. The third-order valence-corrected chi connectivity index (χ3v) is 4.62. The Hall–Kier alpha value is -1.27. The number of nitrogens with zero attached hydrogens (tertiary/aromatic N) is 2. The molecule has 0 aromatic carbocycles. The lowest BCUT2D eigenvalue weighted by molar-refractivity contribution is 0.00942. The van der Waals surface area contributed by atoms with Crippen molar-refractivity contribution in [3.63, 3.8) is 0 Å². The van der Waals surface area contributed by atoms with E-state index < -0.39 is 0 Å². The molecule has 2 N–H and O–H groups in total. The first kappa shape index (κ1) is 13.7. The zero-order chi connectivity index (χ0) is 13.8. The van der Waals surface area contributed by atoms with Crippen molar-refractivity contribution >= 4 is 11.3 Å². The van der Waals surface area contributed by atoms with Crippen LogP contribution in [0.2, 0.25) is 0 Å². The van der Waals surface area contributed by atoms with E-state index in [1.54, 1.807) is 11.3 Å². The van der Waals surface area contributed by atoms with E-state index in [1.165, 1.54) is 4.88 Å². The lowest BCUT2D eigenvalue weighted by Crippen LogP contribution is -2.43. The number of hydrogen-bond donors (Lipinski definition) is 1. The van der Waals surface area contributed by atoms with E-state index in [1.807, 2.05) is 18.3 Å². The molecule has 1 aliphatic heterocycles. The molecule has 0 saturated carbocycles. The maximum atomic E-state index is 6.53. The van der Waals surface area contributed by atoms with Gasteiger partial charge < -0.3 is 10.5 Å². The van der Waals surface area contributed by atoms with E-state index in [0.29, 0.717) is 0 Å². The van der Waals surface area contributed by atoms with Crippen LogP contribution < -0.4 is 5.73 Å². The molecule has 2 unspecified atom stereocenters. The summed E-state index contributed by atoms with van der Waals surface area (Å²) in [6, 6.07) is 10.2. The Morgan fingerprint density at radius 1 is 1.20 bits per heavy atom. The van der Waals surface area contributed by atoms with Gasteiger partial charge in [-0.25, -0.2) is 0 Å². The highest BCUT2D eigenvalue weighted by Gasteiger charge is 2.30. The molecule has 20 heavy (non-hydrogen) atoms. The number of thiophene rings is 1. The number of aromatic nitrogens is 1. The number of hydrogen-bond acceptors (Lipinski definition) is 5. The summed E-state index contributed by atoms with van der Waals surface area (Å²) in [4.78, 5) is 8.11. The minimum atomic E-state index is -0.0528. The molecule has 1 saturated heterocycles. The van der Waals surface area contributed by atoms with Gasteiger partial charge in [0.05, 0.1) is 31.0 Å². The summed E-state index contributed by atoms with van der Waals surface area (Å²) in [6.45, 7) is 3.33. The molecule has 0 aliphatic carbocycles. The Balaban J connectivity index is 1.90. The van der Waals surface area contributed by atoms with E-state index >= 15 is 0 Å². The third-order valence-electron chi connectivity index (χ3n) is 3.64. The molecule has 5 heteroatoms. The van der Waals surface area contributed by atoms with E-state index in [0.717, 1.165) is 32.0 Å². The smallest absolute Gasteiger partial charge is 0.0725 e. The highest BCUT2D eigenvalue weighted by atomic mass is 32.1. The number of nitrogens with two attached hydrogens (primary N) is 1. The van der Waals surface area contributed by atoms with Crippen LogP contribution in [0.1, 0.15) is 22.7 Å². The second kappa shape index (κ2) is 6.45. The zero-order valence-corrected chi connectivity index (χ0v) is 12.1. The predicted octanol–water partition coefficient (Wildman–Crippen LogP) is 2.22. The number of pyridine rings is 1. The van der Waals surface area contributed by atoms with Crippen LogP contribution in [0, 0.1) is 0 Å². The van der Waals surface area contributed by atoms with Crippen LogP contribution >= 0.6 is 11.3 Å². The van der Waals surface area contributed by atoms with Crippen LogP contribution in [-0.4, -0.2) is 36.2 Å². The van der Waals surface area contributed by atoms with Crippen molar-refractivity contribution in [3.8, 4) is 0 Å². The van der Waals surface area contributed by atoms with E-state index in [9.17, 15) is 0 Å². The van der Waals surface area contributed by atoms with Crippen molar-refractivity contribution in [1.82, 2.24) is 9.88 Å². The average Bonchev–Trinajstić information content (AvgIpc) is 3.04. The Bertz CT molecular complexity index is 511. The summed E-state index contributed by atoms with van der Waals surface area (Å²) in [5.41, 5.74) is 7.57. The molecule has 2 aromatic heterocycles. The van der Waals surface area contributed by atoms with Crippen molar-refractivity contribution in [2.45, 2.75) is 12.1 Å². The first-order valence-electron chi connectivity index (χ1n) is 6.88. The summed E-state index contributed by atoms with van der Waals surface area (Å²) in [5.74, 6) is 0. The number of rotatable bonds is 4. The van der Waals surface area contributed by atoms with Gasteiger partial charge in [-0.1, -0.05) is 12.1 Å². The molecule has 2 aromatic rings. The number of ether oxygens (including phenoxy) is 1. The zero-order valence-electron chi connectivity index (χ0n) is 11.3.